The predicted molar refractivity (Wildman–Crippen MR) is 87.0 cm³/mol. The Hall–Kier alpha value is -2.57. The van der Waals surface area contributed by atoms with Crippen molar-refractivity contribution in [1.29, 1.82) is 0 Å². The van der Waals surface area contributed by atoms with Crippen LogP contribution in [-0.2, 0) is 7.05 Å². The second kappa shape index (κ2) is 6.68. The number of nitrogens with zero attached hydrogens (tertiary/aromatic N) is 3. The summed E-state index contributed by atoms with van der Waals surface area (Å²) in [6, 6.07) is 5.52. The molecule has 1 saturated heterocycles. The molecule has 0 spiro atoms. The molecule has 2 heterocycles. The van der Waals surface area contributed by atoms with E-state index < -0.39 is 0 Å². The van der Waals surface area contributed by atoms with Gasteiger partial charge in [0.2, 0.25) is 0 Å². The van der Waals surface area contributed by atoms with Gasteiger partial charge in [0.15, 0.2) is 0 Å². The minimum Gasteiger partial charge on any atom is -0.367 e. The predicted octanol–water partition coefficient (Wildman–Crippen LogP) is 2.35. The van der Waals surface area contributed by atoms with Crippen LogP contribution in [0.1, 0.15) is 12.8 Å². The number of hydrogen-bond donors (Lipinski definition) is 2. The average Bonchev–Trinajstić information content (AvgIpc) is 2.96. The van der Waals surface area contributed by atoms with E-state index in [9.17, 15) is 9.18 Å². The number of amides is 2. The largest absolute Gasteiger partial charge is 0.367 e. The normalized spacial score (nSPS) is 17.8. The monoisotopic (exact) mass is 317 g/mol. The lowest BCUT2D eigenvalue weighted by Gasteiger charge is -2.33. The molecule has 1 aliphatic rings. The van der Waals surface area contributed by atoms with E-state index in [1.807, 2.05) is 19.4 Å². The molecule has 0 bridgehead atoms. The van der Waals surface area contributed by atoms with E-state index in [0.29, 0.717) is 5.69 Å². The zero-order valence-corrected chi connectivity index (χ0v) is 13.0. The number of aromatic nitrogens is 2. The fourth-order valence-electron chi connectivity index (χ4n) is 2.79. The van der Waals surface area contributed by atoms with Crippen molar-refractivity contribution in [3.63, 3.8) is 0 Å². The zero-order chi connectivity index (χ0) is 16.2. The molecule has 0 unspecified atom stereocenters. The van der Waals surface area contributed by atoms with Crippen molar-refractivity contribution < 1.29 is 9.18 Å². The molecule has 7 heteroatoms. The van der Waals surface area contributed by atoms with Gasteiger partial charge in [-0.05, 0) is 37.1 Å². The number of aryl methyl sites for hydroxylation is 1. The first-order chi connectivity index (χ1) is 11.1. The number of piperidine rings is 1. The molecule has 1 aliphatic heterocycles. The van der Waals surface area contributed by atoms with Crippen molar-refractivity contribution in [2.45, 2.75) is 18.9 Å². The van der Waals surface area contributed by atoms with Gasteiger partial charge in [-0.3, -0.25) is 4.68 Å². The van der Waals surface area contributed by atoms with Crippen molar-refractivity contribution in [3.05, 3.63) is 42.5 Å². The second-order valence-electron chi connectivity index (χ2n) is 5.76. The molecule has 2 N–H and O–H groups in total. The Kier molecular flexibility index (Phi) is 4.45. The number of anilines is 2. The Morgan fingerprint density at radius 2 is 2.13 bits per heavy atom. The van der Waals surface area contributed by atoms with Gasteiger partial charge in [-0.1, -0.05) is 0 Å². The number of rotatable bonds is 3. The highest BCUT2D eigenvalue weighted by Crippen LogP contribution is 2.19. The van der Waals surface area contributed by atoms with Crippen LogP contribution in [0.3, 0.4) is 0 Å². The van der Waals surface area contributed by atoms with E-state index in [0.717, 1.165) is 31.6 Å². The third-order valence-electron chi connectivity index (χ3n) is 3.92. The SMILES string of the molecule is Cn1cc(N2CCC[C@@H](NC(=O)Nc3ccc(F)cc3)C2)cn1. The third kappa shape index (κ3) is 4.00. The Bertz CT molecular complexity index is 669. The van der Waals surface area contributed by atoms with E-state index in [-0.39, 0.29) is 17.9 Å². The Labute approximate surface area is 134 Å². The molecule has 1 atom stereocenters. The van der Waals surface area contributed by atoms with Crippen LogP contribution in [0, 0.1) is 5.82 Å². The highest BCUT2D eigenvalue weighted by molar-refractivity contribution is 5.89. The summed E-state index contributed by atoms with van der Waals surface area (Å²) in [5.41, 5.74) is 1.64. The van der Waals surface area contributed by atoms with Gasteiger partial charge in [0.25, 0.3) is 0 Å². The maximum absolute atomic E-state index is 12.9. The van der Waals surface area contributed by atoms with Gasteiger partial charge in [0.1, 0.15) is 5.82 Å². The summed E-state index contributed by atoms with van der Waals surface area (Å²) in [6.45, 7) is 1.71. The standard InChI is InChI=1S/C16H20FN5O/c1-21-11-15(9-18-21)22-8-2-3-14(10-22)20-16(23)19-13-6-4-12(17)5-7-13/h4-7,9,11,14H,2-3,8,10H2,1H3,(H2,19,20,23)/t14-/m1/s1. The van der Waals surface area contributed by atoms with Gasteiger partial charge in [0, 0.05) is 38.1 Å². The van der Waals surface area contributed by atoms with Crippen molar-refractivity contribution in [2.75, 3.05) is 23.3 Å². The molecule has 1 fully saturated rings. The second-order valence-corrected chi connectivity index (χ2v) is 5.76. The number of carbonyl (C=O) groups is 1. The van der Waals surface area contributed by atoms with E-state index in [2.05, 4.69) is 20.6 Å². The molecule has 6 nitrogen and oxygen atoms in total. The molecule has 2 aromatic rings. The van der Waals surface area contributed by atoms with E-state index in [4.69, 9.17) is 0 Å². The quantitative estimate of drug-likeness (QED) is 0.913. The molecule has 0 aliphatic carbocycles. The van der Waals surface area contributed by atoms with Crippen LogP contribution in [0.25, 0.3) is 0 Å². The van der Waals surface area contributed by atoms with E-state index >= 15 is 0 Å². The van der Waals surface area contributed by atoms with Gasteiger partial charge in [0.05, 0.1) is 11.9 Å². The van der Waals surface area contributed by atoms with Crippen molar-refractivity contribution in [2.24, 2.45) is 7.05 Å². The molecule has 23 heavy (non-hydrogen) atoms. The van der Waals surface area contributed by atoms with Gasteiger partial charge in [-0.25, -0.2) is 9.18 Å². The number of carbonyl (C=O) groups excluding carboxylic acids is 1. The summed E-state index contributed by atoms with van der Waals surface area (Å²) < 4.78 is 14.6. The molecule has 1 aromatic heterocycles. The van der Waals surface area contributed by atoms with E-state index in [1.165, 1.54) is 24.3 Å². The Morgan fingerprint density at radius 1 is 1.35 bits per heavy atom. The number of nitrogens with one attached hydrogen (secondary N) is 2. The number of hydrogen-bond acceptors (Lipinski definition) is 3. The van der Waals surface area contributed by atoms with E-state index in [1.54, 1.807) is 4.68 Å². The average molecular weight is 317 g/mol. The van der Waals surface area contributed by atoms with Crippen LogP contribution in [0.5, 0.6) is 0 Å². The fraction of sp³-hybridized carbons (Fsp3) is 0.375. The first kappa shape index (κ1) is 15.3. The highest BCUT2D eigenvalue weighted by atomic mass is 19.1. The Morgan fingerprint density at radius 3 is 2.83 bits per heavy atom. The number of urea groups is 1. The maximum Gasteiger partial charge on any atom is 0.319 e. The van der Waals surface area contributed by atoms with Gasteiger partial charge in [-0.15, -0.1) is 0 Å². The van der Waals surface area contributed by atoms with Crippen LogP contribution < -0.4 is 15.5 Å². The molecule has 122 valence electrons. The first-order valence-electron chi connectivity index (χ1n) is 7.67. The minimum atomic E-state index is -0.324. The molecule has 0 radical (unpaired) electrons. The molecule has 0 saturated carbocycles. The smallest absolute Gasteiger partial charge is 0.319 e. The van der Waals surface area contributed by atoms with Crippen LogP contribution in [0.4, 0.5) is 20.6 Å². The number of benzene rings is 1. The highest BCUT2D eigenvalue weighted by Gasteiger charge is 2.22. The minimum absolute atomic E-state index is 0.0735. The molecule has 2 amide bonds. The zero-order valence-electron chi connectivity index (χ0n) is 13.0. The summed E-state index contributed by atoms with van der Waals surface area (Å²) in [5, 5.41) is 9.88. The summed E-state index contributed by atoms with van der Waals surface area (Å²) >= 11 is 0. The van der Waals surface area contributed by atoms with Crippen molar-refractivity contribution in [1.82, 2.24) is 15.1 Å². The number of halogens is 1. The lowest BCUT2D eigenvalue weighted by Crippen LogP contribution is -2.48. The summed E-state index contributed by atoms with van der Waals surface area (Å²) in [4.78, 5) is 14.3. The van der Waals surface area contributed by atoms with Gasteiger partial charge < -0.3 is 15.5 Å². The van der Waals surface area contributed by atoms with Crippen LogP contribution in [0.2, 0.25) is 0 Å². The topological polar surface area (TPSA) is 62.2 Å². The summed E-state index contributed by atoms with van der Waals surface area (Å²) in [5.74, 6) is -0.324. The lowest BCUT2D eigenvalue weighted by molar-refractivity contribution is 0.246. The molecule has 3 rings (SSSR count). The van der Waals surface area contributed by atoms with Gasteiger partial charge in [-0.2, -0.15) is 5.10 Å². The van der Waals surface area contributed by atoms with Gasteiger partial charge >= 0.3 is 6.03 Å². The lowest BCUT2D eigenvalue weighted by atomic mass is 10.1. The summed E-state index contributed by atoms with van der Waals surface area (Å²) in [7, 11) is 1.89. The first-order valence-corrected chi connectivity index (χ1v) is 7.67. The third-order valence-corrected chi connectivity index (χ3v) is 3.92. The van der Waals surface area contributed by atoms with Crippen LogP contribution in [0.15, 0.2) is 36.7 Å². The van der Waals surface area contributed by atoms with Crippen LogP contribution in [-0.4, -0.2) is 34.9 Å². The van der Waals surface area contributed by atoms with Crippen molar-refractivity contribution >= 4 is 17.4 Å². The fourth-order valence-corrected chi connectivity index (χ4v) is 2.79. The maximum atomic E-state index is 12.9. The van der Waals surface area contributed by atoms with Crippen LogP contribution >= 0.6 is 0 Å². The summed E-state index contributed by atoms with van der Waals surface area (Å²) in [6.07, 6.45) is 5.76. The molecule has 1 aromatic carbocycles. The molecular formula is C16H20FN5O. The molecular weight excluding hydrogens is 297 g/mol. The Balaban J connectivity index is 1.54. The van der Waals surface area contributed by atoms with Crippen molar-refractivity contribution in [3.8, 4) is 0 Å².